The van der Waals surface area contributed by atoms with Gasteiger partial charge < -0.3 is 5.32 Å². The molecule has 0 aliphatic carbocycles. The Morgan fingerprint density at radius 2 is 2.17 bits per heavy atom. The molecule has 1 aromatic carbocycles. The first-order valence-corrected chi connectivity index (χ1v) is 6.26. The SMILES string of the molecule is Cc1ccccc1NC1=NCC(Cl)C(C#N)=C1Cl. The predicted octanol–water partition coefficient (Wildman–Crippen LogP) is 3.44. The minimum Gasteiger partial charge on any atom is -0.339 e. The van der Waals surface area contributed by atoms with Crippen LogP contribution in [-0.4, -0.2) is 17.8 Å². The lowest BCUT2D eigenvalue weighted by atomic mass is 10.1. The van der Waals surface area contributed by atoms with Crippen LogP contribution in [0.2, 0.25) is 0 Å². The van der Waals surface area contributed by atoms with Gasteiger partial charge in [0.15, 0.2) is 0 Å². The minimum absolute atomic E-state index is 0.298. The number of halogens is 2. The van der Waals surface area contributed by atoms with Gasteiger partial charge in [0.05, 0.1) is 28.6 Å². The molecular weight excluding hydrogens is 269 g/mol. The van der Waals surface area contributed by atoms with Crippen molar-refractivity contribution in [2.45, 2.75) is 12.3 Å². The third-order valence-corrected chi connectivity index (χ3v) is 3.42. The Hall–Kier alpha value is -1.50. The summed E-state index contributed by atoms with van der Waals surface area (Å²) in [5, 5.41) is 12.0. The largest absolute Gasteiger partial charge is 0.339 e. The smallest absolute Gasteiger partial charge is 0.145 e. The van der Waals surface area contributed by atoms with Crippen LogP contribution in [0.1, 0.15) is 5.56 Å². The van der Waals surface area contributed by atoms with Crippen LogP contribution in [-0.2, 0) is 0 Å². The first kappa shape index (κ1) is 12.9. The molecule has 3 nitrogen and oxygen atoms in total. The van der Waals surface area contributed by atoms with E-state index in [0.29, 0.717) is 23.0 Å². The van der Waals surface area contributed by atoms with Gasteiger partial charge in [-0.1, -0.05) is 29.8 Å². The topological polar surface area (TPSA) is 48.2 Å². The Bertz CT molecular complexity index is 570. The molecule has 0 aromatic heterocycles. The van der Waals surface area contributed by atoms with Crippen LogP contribution >= 0.6 is 23.2 Å². The molecule has 0 saturated carbocycles. The lowest BCUT2D eigenvalue weighted by Crippen LogP contribution is -2.24. The number of hydrogen-bond acceptors (Lipinski definition) is 3. The van der Waals surface area contributed by atoms with E-state index in [2.05, 4.69) is 10.3 Å². The molecule has 2 rings (SSSR count). The van der Waals surface area contributed by atoms with Crippen molar-refractivity contribution >= 4 is 34.7 Å². The second-order valence-electron chi connectivity index (χ2n) is 3.94. The molecule has 1 aliphatic heterocycles. The van der Waals surface area contributed by atoms with Gasteiger partial charge in [-0.25, -0.2) is 0 Å². The molecule has 1 aliphatic rings. The number of benzene rings is 1. The van der Waals surface area contributed by atoms with Gasteiger partial charge in [-0.15, -0.1) is 11.6 Å². The molecule has 92 valence electrons. The van der Waals surface area contributed by atoms with Crippen LogP contribution in [0.4, 0.5) is 5.69 Å². The van der Waals surface area contributed by atoms with Crippen LogP contribution < -0.4 is 5.32 Å². The number of rotatable bonds is 1. The fraction of sp³-hybridized carbons (Fsp3) is 0.231. The number of nitrogens with one attached hydrogen (secondary N) is 1. The molecular formula is C13H11Cl2N3. The van der Waals surface area contributed by atoms with Gasteiger partial charge in [-0.3, -0.25) is 4.99 Å². The van der Waals surface area contributed by atoms with Crippen molar-refractivity contribution in [1.29, 1.82) is 5.26 Å². The van der Waals surface area contributed by atoms with Crippen LogP contribution in [0, 0.1) is 18.3 Å². The number of dihydropyridines is 1. The average Bonchev–Trinajstić information content (AvgIpc) is 2.36. The summed E-state index contributed by atoms with van der Waals surface area (Å²) in [6, 6.07) is 9.82. The Morgan fingerprint density at radius 3 is 2.83 bits per heavy atom. The molecule has 1 unspecified atom stereocenters. The molecule has 0 saturated heterocycles. The van der Waals surface area contributed by atoms with E-state index in [4.69, 9.17) is 28.5 Å². The Morgan fingerprint density at radius 1 is 1.44 bits per heavy atom. The molecule has 0 amide bonds. The van der Waals surface area contributed by atoms with E-state index < -0.39 is 5.38 Å². The maximum absolute atomic E-state index is 9.01. The first-order valence-electron chi connectivity index (χ1n) is 5.44. The molecule has 0 radical (unpaired) electrons. The maximum atomic E-state index is 9.01. The predicted molar refractivity (Wildman–Crippen MR) is 75.2 cm³/mol. The lowest BCUT2D eigenvalue weighted by Gasteiger charge is -2.18. The molecule has 1 N–H and O–H groups in total. The van der Waals surface area contributed by atoms with Crippen molar-refractivity contribution in [3.05, 3.63) is 40.4 Å². The van der Waals surface area contributed by atoms with Crippen molar-refractivity contribution < 1.29 is 0 Å². The van der Waals surface area contributed by atoms with Crippen LogP contribution in [0.3, 0.4) is 0 Å². The summed E-state index contributed by atoms with van der Waals surface area (Å²) in [5.74, 6) is 0.499. The fourth-order valence-corrected chi connectivity index (χ4v) is 2.22. The summed E-state index contributed by atoms with van der Waals surface area (Å²) in [6.07, 6.45) is 0. The monoisotopic (exact) mass is 279 g/mol. The highest BCUT2D eigenvalue weighted by molar-refractivity contribution is 6.46. The number of alkyl halides is 1. The number of para-hydroxylation sites is 1. The van der Waals surface area contributed by atoms with Crippen molar-refractivity contribution in [1.82, 2.24) is 0 Å². The van der Waals surface area contributed by atoms with Gasteiger partial charge >= 0.3 is 0 Å². The highest BCUT2D eigenvalue weighted by atomic mass is 35.5. The van der Waals surface area contributed by atoms with E-state index in [1.54, 1.807) is 0 Å². The Balaban J connectivity index is 2.29. The third kappa shape index (κ3) is 2.50. The number of anilines is 1. The van der Waals surface area contributed by atoms with E-state index >= 15 is 0 Å². The van der Waals surface area contributed by atoms with Crippen LogP contribution in [0.5, 0.6) is 0 Å². The fourth-order valence-electron chi connectivity index (χ4n) is 1.65. The summed E-state index contributed by atoms with van der Waals surface area (Å²) in [7, 11) is 0. The van der Waals surface area contributed by atoms with Crippen molar-refractivity contribution in [3.63, 3.8) is 0 Å². The number of hydrogen-bond donors (Lipinski definition) is 1. The maximum Gasteiger partial charge on any atom is 0.145 e. The first-order chi connectivity index (χ1) is 8.63. The number of amidine groups is 1. The number of aliphatic imine (C=N–C) groups is 1. The van der Waals surface area contributed by atoms with Gasteiger partial charge in [0.25, 0.3) is 0 Å². The molecule has 0 bridgehead atoms. The summed E-state index contributed by atoms with van der Waals surface area (Å²) < 4.78 is 0. The average molecular weight is 280 g/mol. The second kappa shape index (κ2) is 5.43. The highest BCUT2D eigenvalue weighted by Crippen LogP contribution is 2.25. The van der Waals surface area contributed by atoms with Gasteiger partial charge in [-0.05, 0) is 18.6 Å². The Labute approximate surface area is 116 Å². The normalized spacial score (nSPS) is 19.2. The zero-order valence-electron chi connectivity index (χ0n) is 9.74. The Kier molecular flexibility index (Phi) is 3.90. The molecule has 0 fully saturated rings. The number of nitrogens with zero attached hydrogens (tertiary/aromatic N) is 2. The summed E-state index contributed by atoms with van der Waals surface area (Å²) in [4.78, 5) is 4.26. The zero-order valence-corrected chi connectivity index (χ0v) is 11.3. The van der Waals surface area contributed by atoms with Gasteiger partial charge in [0.2, 0.25) is 0 Å². The number of aryl methyl sites for hydroxylation is 1. The summed E-state index contributed by atoms with van der Waals surface area (Å²) >= 11 is 12.1. The molecule has 5 heteroatoms. The van der Waals surface area contributed by atoms with E-state index in [1.807, 2.05) is 37.3 Å². The molecule has 1 aromatic rings. The van der Waals surface area contributed by atoms with E-state index in [9.17, 15) is 0 Å². The van der Waals surface area contributed by atoms with Crippen LogP contribution in [0.15, 0.2) is 39.9 Å². The molecule has 1 atom stereocenters. The van der Waals surface area contributed by atoms with Crippen LogP contribution in [0.25, 0.3) is 0 Å². The standard InChI is InChI=1S/C13H11Cl2N3/c1-8-4-2-3-5-11(8)18-13-12(15)9(6-16)10(14)7-17-13/h2-5,10H,7H2,1H3,(H,17,18). The van der Waals surface area contributed by atoms with Crippen molar-refractivity contribution in [3.8, 4) is 6.07 Å². The second-order valence-corrected chi connectivity index (χ2v) is 4.84. The third-order valence-electron chi connectivity index (χ3n) is 2.69. The molecule has 0 spiro atoms. The van der Waals surface area contributed by atoms with E-state index in [0.717, 1.165) is 11.3 Å². The summed E-state index contributed by atoms with van der Waals surface area (Å²) in [5.41, 5.74) is 2.36. The van der Waals surface area contributed by atoms with Gasteiger partial charge in [0, 0.05) is 5.69 Å². The minimum atomic E-state index is -0.440. The quantitative estimate of drug-likeness (QED) is 0.801. The van der Waals surface area contributed by atoms with Crippen molar-refractivity contribution in [2.75, 3.05) is 11.9 Å². The van der Waals surface area contributed by atoms with Crippen molar-refractivity contribution in [2.24, 2.45) is 4.99 Å². The highest BCUT2D eigenvalue weighted by Gasteiger charge is 2.23. The molecule has 18 heavy (non-hydrogen) atoms. The van der Waals surface area contributed by atoms with E-state index in [-0.39, 0.29) is 0 Å². The van der Waals surface area contributed by atoms with Gasteiger partial charge in [0.1, 0.15) is 5.84 Å². The lowest BCUT2D eigenvalue weighted by molar-refractivity contribution is 0.963. The van der Waals surface area contributed by atoms with E-state index in [1.165, 1.54) is 0 Å². The van der Waals surface area contributed by atoms with Gasteiger partial charge in [-0.2, -0.15) is 5.26 Å². The summed E-state index contributed by atoms with van der Waals surface area (Å²) in [6.45, 7) is 2.34. The molecule has 1 heterocycles. The zero-order chi connectivity index (χ0) is 13.1. The number of nitriles is 1.